The van der Waals surface area contributed by atoms with Crippen molar-refractivity contribution in [3.63, 3.8) is 0 Å². The van der Waals surface area contributed by atoms with Crippen LogP contribution in [0.4, 0.5) is 34.1 Å². The molecule has 0 saturated carbocycles. The summed E-state index contributed by atoms with van der Waals surface area (Å²) in [5.74, 6) is 0.298. The Morgan fingerprint density at radius 1 is 0.500 bits per heavy atom. The van der Waals surface area contributed by atoms with E-state index in [1.54, 1.807) is 0 Å². The Morgan fingerprint density at radius 3 is 1.71 bits per heavy atom. The first-order valence-electron chi connectivity index (χ1n) is 24.1. The van der Waals surface area contributed by atoms with Crippen LogP contribution in [0.3, 0.4) is 0 Å². The molecule has 9 aromatic carbocycles. The summed E-state index contributed by atoms with van der Waals surface area (Å²) in [4.78, 5) is 4.90. The molecule has 9 aromatic rings. The third-order valence-corrected chi connectivity index (χ3v) is 14.9. The predicted octanol–water partition coefficient (Wildman–Crippen LogP) is 17.5. The molecule has 4 aliphatic rings. The van der Waals surface area contributed by atoms with Crippen molar-refractivity contribution in [2.24, 2.45) is 0 Å². The second-order valence-corrected chi connectivity index (χ2v) is 19.2. The van der Waals surface area contributed by atoms with Crippen LogP contribution in [0, 0.1) is 0 Å². The number of anilines is 6. The van der Waals surface area contributed by atoms with Crippen molar-refractivity contribution in [3.05, 3.63) is 243 Å². The number of hydrogen-bond acceptors (Lipinski definition) is 2. The zero-order chi connectivity index (χ0) is 45.5. The summed E-state index contributed by atoms with van der Waals surface area (Å²) >= 11 is 0. The van der Waals surface area contributed by atoms with E-state index in [4.69, 9.17) is 0 Å². The summed E-state index contributed by atoms with van der Waals surface area (Å²) in [6.45, 7) is 7.11. The molecule has 0 spiro atoms. The molecule has 0 bridgehead atoms. The minimum absolute atomic E-state index is 0.160. The highest BCUT2D eigenvalue weighted by Crippen LogP contribution is 2.52. The van der Waals surface area contributed by atoms with E-state index in [0.717, 1.165) is 6.42 Å². The molecule has 0 aromatic heterocycles. The van der Waals surface area contributed by atoms with Gasteiger partial charge in [-0.25, -0.2) is 0 Å². The fourth-order valence-electron chi connectivity index (χ4n) is 11.7. The number of benzene rings is 9. The lowest BCUT2D eigenvalue weighted by molar-refractivity contribution is 0.660. The summed E-state index contributed by atoms with van der Waals surface area (Å²) in [6, 6.07) is 60.7. The molecular formula is C66H50N2. The van der Waals surface area contributed by atoms with E-state index in [1.165, 1.54) is 122 Å². The lowest BCUT2D eigenvalue weighted by Crippen LogP contribution is -2.18. The van der Waals surface area contributed by atoms with Gasteiger partial charge >= 0.3 is 0 Å². The highest BCUT2D eigenvalue weighted by Gasteiger charge is 2.36. The van der Waals surface area contributed by atoms with Crippen molar-refractivity contribution >= 4 is 98.2 Å². The van der Waals surface area contributed by atoms with Crippen LogP contribution in [0.1, 0.15) is 83.2 Å². The highest BCUT2D eigenvalue weighted by molar-refractivity contribution is 6.19. The van der Waals surface area contributed by atoms with Gasteiger partial charge in [0, 0.05) is 22.4 Å². The zero-order valence-electron chi connectivity index (χ0n) is 38.6. The Hall–Kier alpha value is -8.20. The summed E-state index contributed by atoms with van der Waals surface area (Å²) in [5, 5.41) is 6.51. The van der Waals surface area contributed by atoms with Gasteiger partial charge in [0.15, 0.2) is 0 Å². The molecule has 0 radical (unpaired) electrons. The van der Waals surface area contributed by atoms with Gasteiger partial charge in [0.2, 0.25) is 0 Å². The molecule has 13 rings (SSSR count). The third-order valence-electron chi connectivity index (χ3n) is 14.9. The predicted molar refractivity (Wildman–Crippen MR) is 293 cm³/mol. The molecule has 1 atom stereocenters. The van der Waals surface area contributed by atoms with E-state index in [9.17, 15) is 0 Å². The zero-order valence-corrected chi connectivity index (χ0v) is 38.6. The van der Waals surface area contributed by atoms with Gasteiger partial charge in [-0.15, -0.1) is 0 Å². The molecule has 0 N–H and O–H groups in total. The Bertz CT molecular complexity index is 3680. The van der Waals surface area contributed by atoms with Gasteiger partial charge in [-0.05, 0) is 131 Å². The Kier molecular flexibility index (Phi) is 9.27. The molecule has 0 saturated heterocycles. The second kappa shape index (κ2) is 15.7. The number of para-hydroxylation sites is 4. The molecule has 2 aliphatic heterocycles. The van der Waals surface area contributed by atoms with Crippen LogP contribution in [0.5, 0.6) is 0 Å². The van der Waals surface area contributed by atoms with Gasteiger partial charge in [0.25, 0.3) is 0 Å². The maximum atomic E-state index is 2.47. The van der Waals surface area contributed by atoms with Crippen LogP contribution in [0.15, 0.2) is 188 Å². The quantitative estimate of drug-likeness (QED) is 0.164. The number of hydrogen-bond donors (Lipinski definition) is 0. The molecule has 2 heterocycles. The van der Waals surface area contributed by atoms with Crippen molar-refractivity contribution in [2.75, 3.05) is 9.80 Å². The first-order chi connectivity index (χ1) is 33.4. The monoisotopic (exact) mass is 870 g/mol. The van der Waals surface area contributed by atoms with Crippen molar-refractivity contribution in [3.8, 4) is 11.1 Å². The third kappa shape index (κ3) is 6.25. The standard InChI is InChI=1S/C66H50N2/c1-43-17-15-24-53-55-39-40-63(68-61-29-13-9-21-47(61)34-35-48-22-10-14-30-62(48)68)56-26-16-25-54(65(55)56)52(64(43)53)23-6-4-5-18-44-31-37-50-51-38-36-49(42-58(51)66(2,3)57(50)41-44)67-59-27-11-7-19-45(59)32-33-46-20-8-12-28-60(46)67/h5-43H,4H2,1-3H3. The van der Waals surface area contributed by atoms with Gasteiger partial charge in [-0.1, -0.05) is 209 Å². The fourth-order valence-corrected chi connectivity index (χ4v) is 11.7. The minimum Gasteiger partial charge on any atom is -0.309 e. The Labute approximate surface area is 399 Å². The van der Waals surface area contributed by atoms with Crippen LogP contribution in [0.2, 0.25) is 0 Å². The van der Waals surface area contributed by atoms with Crippen molar-refractivity contribution < 1.29 is 0 Å². The summed E-state index contributed by atoms with van der Waals surface area (Å²) < 4.78 is 0. The summed E-state index contributed by atoms with van der Waals surface area (Å²) in [5.41, 5.74) is 21.2. The first-order valence-corrected chi connectivity index (χ1v) is 24.1. The molecule has 1 unspecified atom stereocenters. The van der Waals surface area contributed by atoms with E-state index in [-0.39, 0.29) is 5.41 Å². The van der Waals surface area contributed by atoms with E-state index in [1.807, 2.05) is 0 Å². The van der Waals surface area contributed by atoms with Crippen LogP contribution in [-0.4, -0.2) is 0 Å². The van der Waals surface area contributed by atoms with Gasteiger partial charge in [-0.2, -0.15) is 0 Å². The molecule has 0 amide bonds. The SMILES string of the molecule is CC1C=CC=c2c1c(C=CCC=Cc1ccc3c(c1)C(C)(C)c1cc(N4c5ccccc5C=Cc5ccccc54)ccc1-3)c1cccc3c(N4c5ccccc5C=Cc5ccccc54)ccc2c31. The maximum absolute atomic E-state index is 2.47. The number of nitrogens with zero attached hydrogens (tertiary/aromatic N) is 2. The maximum Gasteiger partial charge on any atom is 0.0541 e. The van der Waals surface area contributed by atoms with E-state index >= 15 is 0 Å². The fraction of sp³-hybridized carbons (Fsp3) is 0.0909. The van der Waals surface area contributed by atoms with Crippen molar-refractivity contribution in [2.45, 2.75) is 38.5 Å². The smallest absolute Gasteiger partial charge is 0.0541 e. The minimum atomic E-state index is -0.160. The van der Waals surface area contributed by atoms with Gasteiger partial charge in [0.1, 0.15) is 0 Å². The molecular weight excluding hydrogens is 821 g/mol. The average Bonchev–Trinajstić information content (AvgIpc) is 3.49. The number of fused-ring (bicyclic) bond motifs is 9. The summed E-state index contributed by atoms with van der Waals surface area (Å²) in [6.07, 6.45) is 26.1. The van der Waals surface area contributed by atoms with E-state index < -0.39 is 0 Å². The molecule has 68 heavy (non-hydrogen) atoms. The van der Waals surface area contributed by atoms with Gasteiger partial charge in [-0.3, -0.25) is 0 Å². The van der Waals surface area contributed by atoms with Gasteiger partial charge in [0.05, 0.1) is 28.4 Å². The highest BCUT2D eigenvalue weighted by atomic mass is 15.2. The van der Waals surface area contributed by atoms with Crippen LogP contribution in [-0.2, 0) is 5.41 Å². The van der Waals surface area contributed by atoms with Crippen molar-refractivity contribution in [1.82, 2.24) is 0 Å². The van der Waals surface area contributed by atoms with Crippen LogP contribution in [0.25, 0.3) is 75.2 Å². The topological polar surface area (TPSA) is 6.48 Å². The number of allylic oxidation sites excluding steroid dienone is 4. The normalized spacial score (nSPS) is 16.0. The Morgan fingerprint density at radius 2 is 1.06 bits per heavy atom. The van der Waals surface area contributed by atoms with E-state index in [0.29, 0.717) is 5.92 Å². The second-order valence-electron chi connectivity index (χ2n) is 19.2. The van der Waals surface area contributed by atoms with Crippen LogP contribution >= 0.6 is 0 Å². The lowest BCUT2D eigenvalue weighted by atomic mass is 9.81. The number of rotatable bonds is 6. The van der Waals surface area contributed by atoms with Crippen molar-refractivity contribution in [1.29, 1.82) is 0 Å². The molecule has 2 aliphatic carbocycles. The lowest BCUT2D eigenvalue weighted by Gasteiger charge is -2.29. The summed E-state index contributed by atoms with van der Waals surface area (Å²) in [7, 11) is 0. The molecule has 2 heteroatoms. The molecule has 0 fully saturated rings. The molecule has 2 nitrogen and oxygen atoms in total. The van der Waals surface area contributed by atoms with E-state index in [2.05, 4.69) is 261 Å². The van der Waals surface area contributed by atoms with Crippen LogP contribution < -0.4 is 15.0 Å². The first kappa shape index (κ1) is 40.1. The Balaban J connectivity index is 0.830. The van der Waals surface area contributed by atoms with Gasteiger partial charge < -0.3 is 9.80 Å². The average molecular weight is 871 g/mol. The molecule has 324 valence electrons. The largest absolute Gasteiger partial charge is 0.309 e.